The molecule has 1 aliphatic rings. The van der Waals surface area contributed by atoms with Crippen LogP contribution in [-0.4, -0.2) is 36.3 Å². The highest BCUT2D eigenvalue weighted by Crippen LogP contribution is 2.25. The van der Waals surface area contributed by atoms with Gasteiger partial charge >= 0.3 is 0 Å². The average Bonchev–Trinajstić information content (AvgIpc) is 2.64. The zero-order valence-corrected chi connectivity index (χ0v) is 10.9. The topological polar surface area (TPSA) is 32.7 Å². The Kier molecular flexibility index (Phi) is 3.84. The Bertz CT molecular complexity index is 370. The second-order valence-electron chi connectivity index (χ2n) is 4.13. The van der Waals surface area contributed by atoms with Crippen LogP contribution in [0.15, 0.2) is 22.7 Å². The van der Waals surface area contributed by atoms with E-state index >= 15 is 0 Å². The number of ether oxygens (including phenoxy) is 1. The second kappa shape index (κ2) is 5.17. The summed E-state index contributed by atoms with van der Waals surface area (Å²) < 4.78 is 6.39. The van der Waals surface area contributed by atoms with Crippen molar-refractivity contribution in [3.05, 3.63) is 28.2 Å². The first-order valence-corrected chi connectivity index (χ1v) is 6.21. The summed E-state index contributed by atoms with van der Waals surface area (Å²) in [6.07, 6.45) is 0.703. The Morgan fingerprint density at radius 3 is 3.00 bits per heavy atom. The van der Waals surface area contributed by atoms with Gasteiger partial charge in [-0.2, -0.15) is 0 Å². The van der Waals surface area contributed by atoms with Gasteiger partial charge in [0.15, 0.2) is 0 Å². The first kappa shape index (κ1) is 11.9. The van der Waals surface area contributed by atoms with Gasteiger partial charge in [0, 0.05) is 29.7 Å². The molecule has 0 saturated carbocycles. The molecule has 3 nitrogen and oxygen atoms in total. The van der Waals surface area contributed by atoms with Crippen molar-refractivity contribution in [1.29, 1.82) is 0 Å². The molecule has 0 bridgehead atoms. The lowest BCUT2D eigenvalue weighted by atomic mass is 10.2. The van der Waals surface area contributed by atoms with Crippen molar-refractivity contribution in [3.63, 3.8) is 0 Å². The molecule has 0 amide bonds. The highest BCUT2D eigenvalue weighted by atomic mass is 79.9. The summed E-state index contributed by atoms with van der Waals surface area (Å²) in [5.41, 5.74) is 1.16. The summed E-state index contributed by atoms with van der Waals surface area (Å²) in [5.74, 6) is 0.907. The third-order valence-electron chi connectivity index (χ3n) is 2.88. The van der Waals surface area contributed by atoms with Crippen molar-refractivity contribution >= 4 is 15.9 Å². The van der Waals surface area contributed by atoms with E-state index < -0.39 is 0 Å². The number of nitrogens with zero attached hydrogens (tertiary/aromatic N) is 1. The first-order chi connectivity index (χ1) is 7.69. The summed E-state index contributed by atoms with van der Waals surface area (Å²) in [7, 11) is 1.69. The van der Waals surface area contributed by atoms with Gasteiger partial charge in [0.05, 0.1) is 13.2 Å². The maximum Gasteiger partial charge on any atom is 0.123 e. The van der Waals surface area contributed by atoms with E-state index in [4.69, 9.17) is 4.74 Å². The molecular weight excluding hydrogens is 270 g/mol. The van der Waals surface area contributed by atoms with Gasteiger partial charge in [0.1, 0.15) is 5.75 Å². The van der Waals surface area contributed by atoms with Gasteiger partial charge in [0.2, 0.25) is 0 Å². The van der Waals surface area contributed by atoms with Crippen LogP contribution < -0.4 is 4.74 Å². The van der Waals surface area contributed by atoms with Gasteiger partial charge in [-0.3, -0.25) is 4.90 Å². The van der Waals surface area contributed by atoms with Crippen LogP contribution in [0.1, 0.15) is 12.0 Å². The van der Waals surface area contributed by atoms with E-state index in [1.165, 1.54) is 0 Å². The lowest BCUT2D eigenvalue weighted by Gasteiger charge is -2.17. The highest BCUT2D eigenvalue weighted by Gasteiger charge is 2.21. The second-order valence-corrected chi connectivity index (χ2v) is 5.05. The molecule has 0 aromatic heterocycles. The maximum atomic E-state index is 9.48. The standard InChI is InChI=1S/C12H16BrNO2/c1-16-12-3-2-10(13)6-9(12)7-14-5-4-11(15)8-14/h2-3,6,11,15H,4-5,7-8H2,1H3/t11-/m1/s1. The minimum absolute atomic E-state index is 0.168. The molecule has 1 N–H and O–H groups in total. The van der Waals surface area contributed by atoms with E-state index in [1.54, 1.807) is 7.11 Å². The number of aliphatic hydroxyl groups excluding tert-OH is 1. The SMILES string of the molecule is COc1ccc(Br)cc1CN1CC[C@@H](O)C1. The van der Waals surface area contributed by atoms with Crippen LogP contribution in [0.2, 0.25) is 0 Å². The number of hydrogen-bond donors (Lipinski definition) is 1. The van der Waals surface area contributed by atoms with Crippen LogP contribution in [0.3, 0.4) is 0 Å². The molecule has 1 atom stereocenters. The zero-order valence-electron chi connectivity index (χ0n) is 9.32. The molecule has 0 spiro atoms. The number of rotatable bonds is 3. The minimum atomic E-state index is -0.168. The van der Waals surface area contributed by atoms with Crippen molar-refractivity contribution in [2.24, 2.45) is 0 Å². The van der Waals surface area contributed by atoms with E-state index in [1.807, 2.05) is 12.1 Å². The van der Waals surface area contributed by atoms with Crippen molar-refractivity contribution in [3.8, 4) is 5.75 Å². The number of hydrogen-bond acceptors (Lipinski definition) is 3. The van der Waals surface area contributed by atoms with Gasteiger partial charge in [-0.1, -0.05) is 15.9 Å². The number of benzene rings is 1. The molecule has 1 aromatic rings. The Labute approximate surface area is 104 Å². The summed E-state index contributed by atoms with van der Waals surface area (Å²) >= 11 is 3.46. The molecule has 0 unspecified atom stereocenters. The predicted octanol–water partition coefficient (Wildman–Crippen LogP) is 2.02. The summed E-state index contributed by atoms with van der Waals surface area (Å²) in [5, 5.41) is 9.48. The lowest BCUT2D eigenvalue weighted by Crippen LogP contribution is -2.21. The number of β-amino-alcohol motifs (C(OH)–C–C–N with tert-alkyl or cyclic N) is 1. The Morgan fingerprint density at radius 1 is 1.56 bits per heavy atom. The van der Waals surface area contributed by atoms with Crippen LogP contribution in [0, 0.1) is 0 Å². The number of methoxy groups -OCH3 is 1. The summed E-state index contributed by atoms with van der Waals surface area (Å²) in [6.45, 7) is 2.55. The quantitative estimate of drug-likeness (QED) is 0.922. The predicted molar refractivity (Wildman–Crippen MR) is 66.6 cm³/mol. The van der Waals surface area contributed by atoms with Gasteiger partial charge in [-0.15, -0.1) is 0 Å². The van der Waals surface area contributed by atoms with Gasteiger partial charge in [0.25, 0.3) is 0 Å². The molecule has 4 heteroatoms. The fourth-order valence-corrected chi connectivity index (χ4v) is 2.48. The van der Waals surface area contributed by atoms with E-state index in [0.717, 1.165) is 41.8 Å². The molecule has 1 aromatic carbocycles. The maximum absolute atomic E-state index is 9.48. The molecular formula is C12H16BrNO2. The normalized spacial score (nSPS) is 21.3. The molecule has 1 heterocycles. The fraction of sp³-hybridized carbons (Fsp3) is 0.500. The molecule has 1 fully saturated rings. The molecule has 0 radical (unpaired) electrons. The average molecular weight is 286 g/mol. The van der Waals surface area contributed by atoms with E-state index in [2.05, 4.69) is 26.9 Å². The Morgan fingerprint density at radius 2 is 2.38 bits per heavy atom. The first-order valence-electron chi connectivity index (χ1n) is 5.42. The van der Waals surface area contributed by atoms with Crippen molar-refractivity contribution < 1.29 is 9.84 Å². The van der Waals surface area contributed by atoms with E-state index in [9.17, 15) is 5.11 Å². The molecule has 1 saturated heterocycles. The fourth-order valence-electron chi connectivity index (χ4n) is 2.07. The van der Waals surface area contributed by atoms with Gasteiger partial charge in [-0.05, 0) is 24.6 Å². The van der Waals surface area contributed by atoms with Crippen molar-refractivity contribution in [2.45, 2.75) is 19.1 Å². The van der Waals surface area contributed by atoms with Gasteiger partial charge in [-0.25, -0.2) is 0 Å². The zero-order chi connectivity index (χ0) is 11.5. The molecule has 88 valence electrons. The lowest BCUT2D eigenvalue weighted by molar-refractivity contribution is 0.174. The third kappa shape index (κ3) is 2.75. The minimum Gasteiger partial charge on any atom is -0.496 e. The van der Waals surface area contributed by atoms with Crippen LogP contribution in [0.25, 0.3) is 0 Å². The summed E-state index contributed by atoms with van der Waals surface area (Å²) in [6, 6.07) is 6.01. The Hall–Kier alpha value is -0.580. The van der Waals surface area contributed by atoms with Crippen LogP contribution in [-0.2, 0) is 6.54 Å². The van der Waals surface area contributed by atoms with Crippen molar-refractivity contribution in [2.75, 3.05) is 20.2 Å². The molecule has 16 heavy (non-hydrogen) atoms. The molecule has 1 aliphatic heterocycles. The third-order valence-corrected chi connectivity index (χ3v) is 3.38. The summed E-state index contributed by atoms with van der Waals surface area (Å²) in [4.78, 5) is 2.24. The van der Waals surface area contributed by atoms with Gasteiger partial charge < -0.3 is 9.84 Å². The number of halogens is 1. The van der Waals surface area contributed by atoms with Crippen LogP contribution in [0.5, 0.6) is 5.75 Å². The Balaban J connectivity index is 2.10. The van der Waals surface area contributed by atoms with Crippen LogP contribution >= 0.6 is 15.9 Å². The molecule has 2 rings (SSSR count). The van der Waals surface area contributed by atoms with E-state index in [0.29, 0.717) is 0 Å². The smallest absolute Gasteiger partial charge is 0.123 e. The largest absolute Gasteiger partial charge is 0.496 e. The van der Waals surface area contributed by atoms with E-state index in [-0.39, 0.29) is 6.10 Å². The number of likely N-dealkylation sites (tertiary alicyclic amines) is 1. The van der Waals surface area contributed by atoms with Crippen LogP contribution in [0.4, 0.5) is 0 Å². The number of aliphatic hydroxyl groups is 1. The molecule has 0 aliphatic carbocycles. The van der Waals surface area contributed by atoms with Crippen molar-refractivity contribution in [1.82, 2.24) is 4.90 Å². The monoisotopic (exact) mass is 285 g/mol. The highest BCUT2D eigenvalue weighted by molar-refractivity contribution is 9.10.